The van der Waals surface area contributed by atoms with Crippen LogP contribution < -0.4 is 0 Å². The fraction of sp³-hybridized carbons (Fsp3) is 0.385. The predicted molar refractivity (Wildman–Crippen MR) is 64.9 cm³/mol. The molecule has 0 radical (unpaired) electrons. The second kappa shape index (κ2) is 5.53. The molecule has 0 fully saturated rings. The van der Waals surface area contributed by atoms with Gasteiger partial charge in [0.25, 0.3) is 0 Å². The Balaban J connectivity index is 3.58. The number of esters is 2. The van der Waals surface area contributed by atoms with Crippen LogP contribution >= 0.6 is 0 Å². The molecular formula is C13H16O5. The van der Waals surface area contributed by atoms with Gasteiger partial charge in [-0.25, -0.2) is 9.59 Å². The first kappa shape index (κ1) is 14.0. The Bertz CT molecular complexity index is 491. The molecular weight excluding hydrogens is 236 g/mol. The van der Waals surface area contributed by atoms with Crippen molar-refractivity contribution >= 4 is 11.9 Å². The Kier molecular flexibility index (Phi) is 4.31. The fourth-order valence-electron chi connectivity index (χ4n) is 1.84. The Hall–Kier alpha value is -2.04. The van der Waals surface area contributed by atoms with Crippen molar-refractivity contribution in [1.29, 1.82) is 0 Å². The highest BCUT2D eigenvalue weighted by Gasteiger charge is 2.25. The smallest absolute Gasteiger partial charge is 0.341 e. The van der Waals surface area contributed by atoms with E-state index in [0.29, 0.717) is 17.5 Å². The van der Waals surface area contributed by atoms with Crippen molar-refractivity contribution in [3.63, 3.8) is 0 Å². The van der Waals surface area contributed by atoms with E-state index in [1.165, 1.54) is 14.2 Å². The molecule has 0 aliphatic carbocycles. The lowest BCUT2D eigenvalue weighted by molar-refractivity contribution is 0.0591. The van der Waals surface area contributed by atoms with Crippen LogP contribution in [0.4, 0.5) is 0 Å². The van der Waals surface area contributed by atoms with Crippen molar-refractivity contribution in [3.8, 4) is 5.75 Å². The molecule has 0 heterocycles. The second-order valence-corrected chi connectivity index (χ2v) is 3.79. The molecule has 0 bridgehead atoms. The van der Waals surface area contributed by atoms with Crippen LogP contribution in [0.25, 0.3) is 0 Å². The molecule has 0 aliphatic heterocycles. The maximum Gasteiger partial charge on any atom is 0.341 e. The standard InChI is InChI=1S/C13H16O5/c1-5-8-6-7(2)9(12(15)17-3)11(14)10(8)13(16)18-4/h6,14H,5H2,1-4H3. The Morgan fingerprint density at radius 1 is 1.17 bits per heavy atom. The number of methoxy groups -OCH3 is 2. The van der Waals surface area contributed by atoms with Gasteiger partial charge in [-0.3, -0.25) is 0 Å². The third-order valence-corrected chi connectivity index (χ3v) is 2.74. The second-order valence-electron chi connectivity index (χ2n) is 3.79. The summed E-state index contributed by atoms with van der Waals surface area (Å²) < 4.78 is 9.21. The number of phenolic OH excluding ortho intramolecular Hbond substituents is 1. The third kappa shape index (κ3) is 2.30. The normalized spacial score (nSPS) is 10.0. The molecule has 0 saturated heterocycles. The van der Waals surface area contributed by atoms with Gasteiger partial charge in [-0.2, -0.15) is 0 Å². The highest BCUT2D eigenvalue weighted by molar-refractivity contribution is 6.02. The van der Waals surface area contributed by atoms with Gasteiger partial charge in [-0.1, -0.05) is 13.0 Å². The van der Waals surface area contributed by atoms with E-state index < -0.39 is 11.9 Å². The Labute approximate surface area is 105 Å². The van der Waals surface area contributed by atoms with E-state index in [9.17, 15) is 14.7 Å². The lowest BCUT2D eigenvalue weighted by atomic mass is 9.96. The molecule has 1 N–H and O–H groups in total. The molecule has 5 heteroatoms. The summed E-state index contributed by atoms with van der Waals surface area (Å²) >= 11 is 0. The first-order valence-electron chi connectivity index (χ1n) is 5.49. The zero-order valence-corrected chi connectivity index (χ0v) is 10.9. The van der Waals surface area contributed by atoms with E-state index in [-0.39, 0.29) is 16.9 Å². The van der Waals surface area contributed by atoms with E-state index in [2.05, 4.69) is 9.47 Å². The zero-order valence-electron chi connectivity index (χ0n) is 10.9. The highest BCUT2D eigenvalue weighted by atomic mass is 16.5. The number of rotatable bonds is 3. The molecule has 0 saturated carbocycles. The van der Waals surface area contributed by atoms with Gasteiger partial charge >= 0.3 is 11.9 Å². The average Bonchev–Trinajstić information content (AvgIpc) is 2.36. The number of hydrogen-bond acceptors (Lipinski definition) is 5. The number of carbonyl (C=O) groups excluding carboxylic acids is 2. The number of benzene rings is 1. The van der Waals surface area contributed by atoms with E-state index in [1.54, 1.807) is 13.0 Å². The predicted octanol–water partition coefficient (Wildman–Crippen LogP) is 1.84. The molecule has 18 heavy (non-hydrogen) atoms. The van der Waals surface area contributed by atoms with Crippen LogP contribution in [0, 0.1) is 6.92 Å². The lowest BCUT2D eigenvalue weighted by Crippen LogP contribution is -2.12. The minimum atomic E-state index is -0.683. The van der Waals surface area contributed by atoms with Crippen molar-refractivity contribution in [2.75, 3.05) is 14.2 Å². The van der Waals surface area contributed by atoms with Gasteiger partial charge in [0, 0.05) is 0 Å². The molecule has 1 rings (SSSR count). The van der Waals surface area contributed by atoms with Gasteiger partial charge in [-0.15, -0.1) is 0 Å². The minimum absolute atomic E-state index is 0.00454. The Morgan fingerprint density at radius 3 is 2.11 bits per heavy atom. The third-order valence-electron chi connectivity index (χ3n) is 2.74. The van der Waals surface area contributed by atoms with Crippen molar-refractivity contribution in [2.45, 2.75) is 20.3 Å². The molecule has 98 valence electrons. The van der Waals surface area contributed by atoms with E-state index in [0.717, 1.165) is 0 Å². The zero-order chi connectivity index (χ0) is 13.9. The summed E-state index contributed by atoms with van der Waals surface area (Å²) in [6.07, 6.45) is 0.542. The van der Waals surface area contributed by atoms with Gasteiger partial charge < -0.3 is 14.6 Å². The van der Waals surface area contributed by atoms with E-state index >= 15 is 0 Å². The molecule has 1 aromatic rings. The minimum Gasteiger partial charge on any atom is -0.506 e. The maximum absolute atomic E-state index is 11.7. The van der Waals surface area contributed by atoms with Crippen molar-refractivity contribution < 1.29 is 24.2 Å². The number of aryl methyl sites for hydroxylation is 2. The monoisotopic (exact) mass is 252 g/mol. The van der Waals surface area contributed by atoms with Crippen molar-refractivity contribution in [3.05, 3.63) is 28.3 Å². The molecule has 0 aliphatic rings. The topological polar surface area (TPSA) is 72.8 Å². The van der Waals surface area contributed by atoms with Crippen molar-refractivity contribution in [1.82, 2.24) is 0 Å². The van der Waals surface area contributed by atoms with Crippen LogP contribution in [0.3, 0.4) is 0 Å². The average molecular weight is 252 g/mol. The molecule has 0 spiro atoms. The highest BCUT2D eigenvalue weighted by Crippen LogP contribution is 2.31. The molecule has 5 nitrogen and oxygen atoms in total. The number of ether oxygens (including phenoxy) is 2. The van der Waals surface area contributed by atoms with Crippen LogP contribution in [0.2, 0.25) is 0 Å². The van der Waals surface area contributed by atoms with Crippen molar-refractivity contribution in [2.24, 2.45) is 0 Å². The van der Waals surface area contributed by atoms with Crippen LogP contribution in [-0.2, 0) is 15.9 Å². The van der Waals surface area contributed by atoms with Crippen LogP contribution in [0.5, 0.6) is 5.75 Å². The summed E-state index contributed by atoms with van der Waals surface area (Å²) in [6.45, 7) is 3.52. The van der Waals surface area contributed by atoms with Crippen LogP contribution in [0.1, 0.15) is 38.8 Å². The summed E-state index contributed by atoms with van der Waals surface area (Å²) in [6, 6.07) is 1.68. The van der Waals surface area contributed by atoms with Crippen LogP contribution in [-0.4, -0.2) is 31.3 Å². The summed E-state index contributed by atoms with van der Waals surface area (Å²) in [5, 5.41) is 10.1. The maximum atomic E-state index is 11.7. The summed E-state index contributed by atoms with van der Waals surface area (Å²) in [5.41, 5.74) is 1.20. The van der Waals surface area contributed by atoms with Gasteiger partial charge in [0.1, 0.15) is 16.9 Å². The lowest BCUT2D eigenvalue weighted by Gasteiger charge is -2.14. The molecule has 0 unspecified atom stereocenters. The fourth-order valence-corrected chi connectivity index (χ4v) is 1.84. The van der Waals surface area contributed by atoms with Gasteiger partial charge in [0.15, 0.2) is 0 Å². The number of aromatic hydroxyl groups is 1. The summed E-state index contributed by atoms with van der Waals surface area (Å²) in [4.78, 5) is 23.2. The quantitative estimate of drug-likeness (QED) is 0.831. The molecule has 1 aromatic carbocycles. The number of carbonyl (C=O) groups is 2. The van der Waals surface area contributed by atoms with E-state index in [1.807, 2.05) is 6.92 Å². The number of hydrogen-bond donors (Lipinski definition) is 1. The SMILES string of the molecule is CCc1cc(C)c(C(=O)OC)c(O)c1C(=O)OC. The van der Waals surface area contributed by atoms with Crippen LogP contribution in [0.15, 0.2) is 6.07 Å². The molecule has 0 amide bonds. The molecule has 0 atom stereocenters. The Morgan fingerprint density at radius 2 is 1.67 bits per heavy atom. The van der Waals surface area contributed by atoms with E-state index in [4.69, 9.17) is 0 Å². The summed E-state index contributed by atoms with van der Waals surface area (Å²) in [7, 11) is 2.44. The van der Waals surface area contributed by atoms with Gasteiger partial charge in [-0.05, 0) is 24.5 Å². The number of phenols is 1. The first-order chi connectivity index (χ1) is 8.47. The largest absolute Gasteiger partial charge is 0.506 e. The summed E-state index contributed by atoms with van der Waals surface area (Å²) in [5.74, 6) is -1.74. The van der Waals surface area contributed by atoms with Gasteiger partial charge in [0.05, 0.1) is 14.2 Å². The molecule has 0 aromatic heterocycles. The first-order valence-corrected chi connectivity index (χ1v) is 5.49. The van der Waals surface area contributed by atoms with Gasteiger partial charge in [0.2, 0.25) is 0 Å².